The lowest BCUT2D eigenvalue weighted by Crippen LogP contribution is -2.45. The number of aromatic carboxylic acids is 1. The summed E-state index contributed by atoms with van der Waals surface area (Å²) in [5.74, 6) is -1.68. The van der Waals surface area contributed by atoms with E-state index in [4.69, 9.17) is 0 Å². The van der Waals surface area contributed by atoms with Crippen LogP contribution in [0.1, 0.15) is 22.8 Å². The number of allylic oxidation sites excluding steroid dienone is 1. The van der Waals surface area contributed by atoms with Crippen LogP contribution >= 0.6 is 0 Å². The van der Waals surface area contributed by atoms with Crippen LogP contribution in [0.5, 0.6) is 0 Å². The van der Waals surface area contributed by atoms with Gasteiger partial charge >= 0.3 is 12.1 Å². The van der Waals surface area contributed by atoms with E-state index >= 15 is 0 Å². The molecule has 2 aromatic heterocycles. The molecule has 12 heteroatoms. The van der Waals surface area contributed by atoms with E-state index in [1.807, 2.05) is 0 Å². The first-order valence-electron chi connectivity index (χ1n) is 9.92. The molecule has 3 heterocycles. The Balaban J connectivity index is 1.80. The summed E-state index contributed by atoms with van der Waals surface area (Å²) in [5.41, 5.74) is 3.97. The quantitative estimate of drug-likeness (QED) is 0.462. The zero-order valence-electron chi connectivity index (χ0n) is 17.9. The molecule has 0 saturated heterocycles. The third-order valence-corrected chi connectivity index (χ3v) is 4.96. The molecule has 34 heavy (non-hydrogen) atoms. The maximum atomic E-state index is 13.8. The average molecular weight is 474 g/mol. The van der Waals surface area contributed by atoms with Crippen LogP contribution in [-0.4, -0.2) is 38.2 Å². The van der Waals surface area contributed by atoms with Crippen LogP contribution in [0.2, 0.25) is 0 Å². The number of aryl methyl sites for hydroxylation is 1. The Bertz CT molecular complexity index is 1270. The molecule has 0 aliphatic carbocycles. The monoisotopic (exact) mass is 474 g/mol. The second kappa shape index (κ2) is 8.71. The molecule has 0 amide bonds. The second-order valence-electron chi connectivity index (χ2n) is 7.63. The SMILES string of the molecule is CC1=CC(C(F)(F)F)NN1c1nc(Nc2cc(C)cc(F)c2)ncc1-c1cncc(C(=O)O)c1. The van der Waals surface area contributed by atoms with Crippen molar-refractivity contribution in [2.24, 2.45) is 0 Å². The van der Waals surface area contributed by atoms with E-state index in [1.54, 1.807) is 13.0 Å². The average Bonchev–Trinajstić information content (AvgIpc) is 3.15. The number of alkyl halides is 3. The van der Waals surface area contributed by atoms with Gasteiger partial charge in [-0.3, -0.25) is 9.99 Å². The van der Waals surface area contributed by atoms with Crippen LogP contribution in [-0.2, 0) is 0 Å². The van der Waals surface area contributed by atoms with Crippen molar-refractivity contribution in [2.75, 3.05) is 10.3 Å². The Morgan fingerprint density at radius 1 is 1.15 bits per heavy atom. The lowest BCUT2D eigenvalue weighted by Gasteiger charge is -2.25. The molecule has 1 aliphatic rings. The highest BCUT2D eigenvalue weighted by atomic mass is 19.4. The Morgan fingerprint density at radius 3 is 2.56 bits per heavy atom. The van der Waals surface area contributed by atoms with E-state index in [1.165, 1.54) is 37.5 Å². The van der Waals surface area contributed by atoms with E-state index in [-0.39, 0.29) is 34.2 Å². The number of aromatic nitrogens is 3. The molecule has 1 aromatic carbocycles. The first-order chi connectivity index (χ1) is 16.0. The Hall–Kier alpha value is -4.06. The van der Waals surface area contributed by atoms with E-state index < -0.39 is 24.0 Å². The number of pyridine rings is 1. The number of nitrogens with one attached hydrogen (secondary N) is 2. The zero-order chi connectivity index (χ0) is 24.6. The van der Waals surface area contributed by atoms with Gasteiger partial charge in [-0.25, -0.2) is 19.6 Å². The van der Waals surface area contributed by atoms with Gasteiger partial charge < -0.3 is 10.4 Å². The summed E-state index contributed by atoms with van der Waals surface area (Å²) in [4.78, 5) is 23.8. The number of hydrazine groups is 1. The van der Waals surface area contributed by atoms with E-state index in [2.05, 4.69) is 25.7 Å². The topological polar surface area (TPSA) is 103 Å². The highest BCUT2D eigenvalue weighted by Gasteiger charge is 2.43. The van der Waals surface area contributed by atoms with E-state index in [0.29, 0.717) is 11.3 Å². The van der Waals surface area contributed by atoms with E-state index in [0.717, 1.165) is 17.3 Å². The molecule has 0 bridgehead atoms. The Labute approximate surface area is 191 Å². The van der Waals surface area contributed by atoms with Gasteiger partial charge in [0.2, 0.25) is 5.95 Å². The third kappa shape index (κ3) is 4.81. The fourth-order valence-electron chi connectivity index (χ4n) is 3.44. The summed E-state index contributed by atoms with van der Waals surface area (Å²) in [6, 6.07) is 3.59. The molecule has 3 aromatic rings. The van der Waals surface area contributed by atoms with Crippen LogP contribution < -0.4 is 15.8 Å². The second-order valence-corrected chi connectivity index (χ2v) is 7.63. The highest BCUT2D eigenvalue weighted by Crippen LogP contribution is 2.35. The van der Waals surface area contributed by atoms with Crippen LogP contribution in [0.15, 0.2) is 54.6 Å². The molecule has 176 valence electrons. The molecule has 4 rings (SSSR count). The van der Waals surface area contributed by atoms with Crippen molar-refractivity contribution < 1.29 is 27.5 Å². The summed E-state index contributed by atoms with van der Waals surface area (Å²) >= 11 is 0. The molecule has 1 atom stereocenters. The molecular formula is C22H18F4N6O2. The molecule has 0 spiro atoms. The van der Waals surface area contributed by atoms with E-state index in [9.17, 15) is 27.5 Å². The first-order valence-corrected chi connectivity index (χ1v) is 9.92. The summed E-state index contributed by atoms with van der Waals surface area (Å²) in [7, 11) is 0. The number of hydrogen-bond donors (Lipinski definition) is 3. The normalized spacial score (nSPS) is 15.9. The van der Waals surface area contributed by atoms with Gasteiger partial charge in [0.05, 0.1) is 5.56 Å². The molecule has 8 nitrogen and oxygen atoms in total. The Morgan fingerprint density at radius 2 is 1.91 bits per heavy atom. The summed E-state index contributed by atoms with van der Waals surface area (Å²) in [5, 5.41) is 13.3. The lowest BCUT2D eigenvalue weighted by atomic mass is 10.1. The first kappa shape index (κ1) is 23.1. The third-order valence-electron chi connectivity index (χ3n) is 4.96. The number of benzene rings is 1. The van der Waals surface area contributed by atoms with Gasteiger partial charge in [-0.05, 0) is 49.8 Å². The number of halogens is 4. The van der Waals surface area contributed by atoms with Crippen molar-refractivity contribution in [1.29, 1.82) is 0 Å². The molecule has 1 unspecified atom stereocenters. The summed E-state index contributed by atoms with van der Waals surface area (Å²) < 4.78 is 53.8. The fourth-order valence-corrected chi connectivity index (χ4v) is 3.44. The number of carboxylic acid groups (broad SMARTS) is 1. The van der Waals surface area contributed by atoms with Crippen molar-refractivity contribution >= 4 is 23.4 Å². The lowest BCUT2D eigenvalue weighted by molar-refractivity contribution is -0.142. The van der Waals surface area contributed by atoms with Crippen molar-refractivity contribution in [3.8, 4) is 11.1 Å². The minimum absolute atomic E-state index is 0.00356. The van der Waals surface area contributed by atoms with Gasteiger partial charge in [0.25, 0.3) is 0 Å². The number of rotatable bonds is 5. The van der Waals surface area contributed by atoms with Crippen molar-refractivity contribution in [1.82, 2.24) is 20.4 Å². The standard InChI is InChI=1S/C22H18F4N6O2/c1-11-3-15(23)7-16(4-11)29-21-28-10-17(13-6-14(20(33)34)9-27-8-13)19(30-21)32-12(2)5-18(31-32)22(24,25)26/h3-10,18,31H,1-2H3,(H,33,34)(H,28,29,30). The molecular weight excluding hydrogens is 456 g/mol. The molecule has 3 N–H and O–H groups in total. The van der Waals surface area contributed by atoms with Crippen molar-refractivity contribution in [3.63, 3.8) is 0 Å². The predicted molar refractivity (Wildman–Crippen MR) is 116 cm³/mol. The number of nitrogens with zero attached hydrogens (tertiary/aromatic N) is 4. The van der Waals surface area contributed by atoms with Crippen LogP contribution in [0.25, 0.3) is 11.1 Å². The minimum atomic E-state index is -4.55. The maximum Gasteiger partial charge on any atom is 0.409 e. The van der Waals surface area contributed by atoms with Gasteiger partial charge in [-0.15, -0.1) is 0 Å². The largest absolute Gasteiger partial charge is 0.478 e. The zero-order valence-corrected chi connectivity index (χ0v) is 17.9. The molecule has 1 aliphatic heterocycles. The molecule has 0 fully saturated rings. The van der Waals surface area contributed by atoms with Crippen LogP contribution in [0, 0.1) is 12.7 Å². The minimum Gasteiger partial charge on any atom is -0.478 e. The van der Waals surface area contributed by atoms with Gasteiger partial charge in [-0.1, -0.05) is 0 Å². The van der Waals surface area contributed by atoms with Crippen LogP contribution in [0.3, 0.4) is 0 Å². The highest BCUT2D eigenvalue weighted by molar-refractivity contribution is 5.90. The van der Waals surface area contributed by atoms with Crippen molar-refractivity contribution in [2.45, 2.75) is 26.1 Å². The molecule has 0 radical (unpaired) electrons. The summed E-state index contributed by atoms with van der Waals surface area (Å²) in [6.07, 6.45) is 0.284. The van der Waals surface area contributed by atoms with Gasteiger partial charge in [0, 0.05) is 41.1 Å². The smallest absolute Gasteiger partial charge is 0.409 e. The number of hydrogen-bond acceptors (Lipinski definition) is 7. The number of carbonyl (C=O) groups is 1. The maximum absolute atomic E-state index is 13.8. The number of anilines is 3. The van der Waals surface area contributed by atoms with Crippen molar-refractivity contribution in [3.05, 3.63) is 71.6 Å². The Kier molecular flexibility index (Phi) is 5.92. The molecule has 0 saturated carbocycles. The predicted octanol–water partition coefficient (Wildman–Crippen LogP) is 4.59. The van der Waals surface area contributed by atoms with Gasteiger partial charge in [0.15, 0.2) is 5.82 Å². The van der Waals surface area contributed by atoms with Crippen LogP contribution in [0.4, 0.5) is 35.0 Å². The summed E-state index contributed by atoms with van der Waals surface area (Å²) in [6.45, 7) is 3.17. The fraction of sp³-hybridized carbons (Fsp3) is 0.182. The van der Waals surface area contributed by atoms with Gasteiger partial charge in [0.1, 0.15) is 11.9 Å². The number of carboxylic acids is 1. The van der Waals surface area contributed by atoms with Gasteiger partial charge in [-0.2, -0.15) is 18.2 Å².